The van der Waals surface area contributed by atoms with Crippen LogP contribution in [-0.4, -0.2) is 17.9 Å². The zero-order chi connectivity index (χ0) is 18.4. The average molecular weight is 341 g/mol. The van der Waals surface area contributed by atoms with Gasteiger partial charge in [-0.05, 0) is 29.8 Å². The molecule has 0 radical (unpaired) electrons. The SMILES string of the molecule is COc1ccc(C=C(C#N)C(=O)Nc2cc([N+](=O)[O-])ccc2F)cc1. The second-order valence-corrected chi connectivity index (χ2v) is 4.82. The summed E-state index contributed by atoms with van der Waals surface area (Å²) >= 11 is 0. The third-order valence-corrected chi connectivity index (χ3v) is 3.20. The molecule has 7 nitrogen and oxygen atoms in total. The summed E-state index contributed by atoms with van der Waals surface area (Å²) in [6.07, 6.45) is 1.31. The molecule has 8 heteroatoms. The molecule has 0 bridgehead atoms. The summed E-state index contributed by atoms with van der Waals surface area (Å²) in [6, 6.07) is 11.0. The topological polar surface area (TPSA) is 105 Å². The molecule has 2 rings (SSSR count). The number of amides is 1. The number of hydrogen-bond donors (Lipinski definition) is 1. The van der Waals surface area contributed by atoms with E-state index in [0.717, 1.165) is 18.2 Å². The minimum absolute atomic E-state index is 0.281. The molecule has 0 aromatic heterocycles. The normalized spacial score (nSPS) is 10.7. The van der Waals surface area contributed by atoms with Crippen LogP contribution in [0.2, 0.25) is 0 Å². The van der Waals surface area contributed by atoms with E-state index in [9.17, 15) is 19.3 Å². The Balaban J connectivity index is 2.25. The number of nitro groups is 1. The van der Waals surface area contributed by atoms with E-state index in [-0.39, 0.29) is 16.9 Å². The van der Waals surface area contributed by atoms with Crippen molar-refractivity contribution >= 4 is 23.4 Å². The Morgan fingerprint density at radius 2 is 2.00 bits per heavy atom. The van der Waals surface area contributed by atoms with E-state index in [2.05, 4.69) is 5.32 Å². The third kappa shape index (κ3) is 4.39. The van der Waals surface area contributed by atoms with Gasteiger partial charge >= 0.3 is 0 Å². The number of non-ortho nitro benzene ring substituents is 1. The maximum absolute atomic E-state index is 13.7. The second kappa shape index (κ2) is 7.70. The van der Waals surface area contributed by atoms with Crippen LogP contribution in [0.4, 0.5) is 15.8 Å². The molecular formula is C17H12FN3O4. The number of benzene rings is 2. The molecule has 126 valence electrons. The predicted molar refractivity (Wildman–Crippen MR) is 88.3 cm³/mol. The van der Waals surface area contributed by atoms with E-state index < -0.39 is 16.6 Å². The van der Waals surface area contributed by atoms with Gasteiger partial charge in [0, 0.05) is 12.1 Å². The number of rotatable bonds is 5. The average Bonchev–Trinajstić information content (AvgIpc) is 2.61. The van der Waals surface area contributed by atoms with Crippen molar-refractivity contribution in [2.75, 3.05) is 12.4 Å². The van der Waals surface area contributed by atoms with Crippen molar-refractivity contribution in [2.24, 2.45) is 0 Å². The van der Waals surface area contributed by atoms with Crippen molar-refractivity contribution in [2.45, 2.75) is 0 Å². The molecule has 2 aromatic rings. The van der Waals surface area contributed by atoms with Gasteiger partial charge in [0.1, 0.15) is 23.2 Å². The molecule has 0 spiro atoms. The first-order valence-corrected chi connectivity index (χ1v) is 6.95. The number of hydrogen-bond acceptors (Lipinski definition) is 5. The number of halogens is 1. The van der Waals surface area contributed by atoms with Crippen LogP contribution in [0, 0.1) is 27.3 Å². The van der Waals surface area contributed by atoms with Crippen LogP contribution in [-0.2, 0) is 4.79 Å². The number of ether oxygens (including phenoxy) is 1. The summed E-state index contributed by atoms with van der Waals surface area (Å²) in [5.41, 5.74) is -0.479. The lowest BCUT2D eigenvalue weighted by Gasteiger charge is -2.06. The van der Waals surface area contributed by atoms with Gasteiger partial charge in [0.2, 0.25) is 0 Å². The molecule has 1 N–H and O–H groups in total. The molecule has 0 saturated carbocycles. The van der Waals surface area contributed by atoms with E-state index in [1.54, 1.807) is 30.3 Å². The quantitative estimate of drug-likeness (QED) is 0.389. The monoisotopic (exact) mass is 341 g/mol. The summed E-state index contributed by atoms with van der Waals surface area (Å²) in [6.45, 7) is 0. The van der Waals surface area contributed by atoms with Crippen molar-refractivity contribution in [1.82, 2.24) is 0 Å². The number of carbonyl (C=O) groups is 1. The number of anilines is 1. The maximum Gasteiger partial charge on any atom is 0.271 e. The standard InChI is InChI=1S/C17H12FN3O4/c1-25-14-5-2-11(3-6-14)8-12(10-19)17(22)20-16-9-13(21(23)24)4-7-15(16)18/h2-9H,1H3,(H,20,22). The molecule has 0 aliphatic carbocycles. The lowest BCUT2D eigenvalue weighted by molar-refractivity contribution is -0.384. The molecule has 1 amide bonds. The fourth-order valence-electron chi connectivity index (χ4n) is 1.93. The zero-order valence-electron chi connectivity index (χ0n) is 13.0. The fraction of sp³-hybridized carbons (Fsp3) is 0.0588. The van der Waals surface area contributed by atoms with Gasteiger partial charge in [-0.2, -0.15) is 5.26 Å². The summed E-state index contributed by atoms with van der Waals surface area (Å²) in [7, 11) is 1.51. The largest absolute Gasteiger partial charge is 0.497 e. The van der Waals surface area contributed by atoms with Crippen molar-refractivity contribution in [3.05, 3.63) is 69.5 Å². The van der Waals surface area contributed by atoms with Crippen LogP contribution in [0.1, 0.15) is 5.56 Å². The smallest absolute Gasteiger partial charge is 0.271 e. The van der Waals surface area contributed by atoms with Gasteiger partial charge in [0.15, 0.2) is 0 Å². The van der Waals surface area contributed by atoms with E-state index in [1.807, 2.05) is 0 Å². The molecule has 0 saturated heterocycles. The van der Waals surface area contributed by atoms with Crippen LogP contribution >= 0.6 is 0 Å². The molecule has 2 aromatic carbocycles. The summed E-state index contributed by atoms with van der Waals surface area (Å²) in [4.78, 5) is 22.2. The Morgan fingerprint density at radius 1 is 1.32 bits per heavy atom. The summed E-state index contributed by atoms with van der Waals surface area (Å²) in [5.74, 6) is -1.11. The highest BCUT2D eigenvalue weighted by molar-refractivity contribution is 6.09. The molecule has 0 fully saturated rings. The fourth-order valence-corrected chi connectivity index (χ4v) is 1.93. The molecule has 0 aliphatic heterocycles. The van der Waals surface area contributed by atoms with E-state index in [1.165, 1.54) is 13.2 Å². The van der Waals surface area contributed by atoms with Gasteiger partial charge in [-0.1, -0.05) is 12.1 Å². The van der Waals surface area contributed by atoms with Crippen molar-refractivity contribution in [3.8, 4) is 11.8 Å². The first-order valence-electron chi connectivity index (χ1n) is 6.95. The highest BCUT2D eigenvalue weighted by Gasteiger charge is 2.15. The van der Waals surface area contributed by atoms with Crippen LogP contribution < -0.4 is 10.1 Å². The van der Waals surface area contributed by atoms with E-state index in [0.29, 0.717) is 11.3 Å². The van der Waals surface area contributed by atoms with Gasteiger partial charge < -0.3 is 10.1 Å². The van der Waals surface area contributed by atoms with Crippen LogP contribution in [0.15, 0.2) is 48.0 Å². The van der Waals surface area contributed by atoms with Gasteiger partial charge in [0.05, 0.1) is 17.7 Å². The Kier molecular flexibility index (Phi) is 5.43. The van der Waals surface area contributed by atoms with Crippen molar-refractivity contribution in [1.29, 1.82) is 5.26 Å². The first-order chi connectivity index (χ1) is 11.9. The Morgan fingerprint density at radius 3 is 2.56 bits per heavy atom. The molecule has 0 heterocycles. The van der Waals surface area contributed by atoms with Crippen molar-refractivity contribution in [3.63, 3.8) is 0 Å². The Hall–Kier alpha value is -3.73. The van der Waals surface area contributed by atoms with Gasteiger partial charge in [0.25, 0.3) is 11.6 Å². The van der Waals surface area contributed by atoms with Crippen LogP contribution in [0.5, 0.6) is 5.75 Å². The number of methoxy groups -OCH3 is 1. The lowest BCUT2D eigenvalue weighted by atomic mass is 10.1. The molecule has 0 atom stereocenters. The first kappa shape index (κ1) is 17.6. The number of nitro benzene ring substituents is 1. The minimum Gasteiger partial charge on any atom is -0.497 e. The van der Waals surface area contributed by atoms with Gasteiger partial charge in [-0.3, -0.25) is 14.9 Å². The molecule has 0 aliphatic rings. The molecular weight excluding hydrogens is 329 g/mol. The highest BCUT2D eigenvalue weighted by Crippen LogP contribution is 2.22. The number of nitrogens with one attached hydrogen (secondary N) is 1. The van der Waals surface area contributed by atoms with E-state index >= 15 is 0 Å². The van der Waals surface area contributed by atoms with E-state index in [4.69, 9.17) is 10.00 Å². The predicted octanol–water partition coefficient (Wildman–Crippen LogP) is 3.29. The summed E-state index contributed by atoms with van der Waals surface area (Å²) in [5, 5.41) is 22.0. The number of nitrogens with zero attached hydrogens (tertiary/aromatic N) is 2. The van der Waals surface area contributed by atoms with Crippen LogP contribution in [0.3, 0.4) is 0 Å². The zero-order valence-corrected chi connectivity index (χ0v) is 13.0. The highest BCUT2D eigenvalue weighted by atomic mass is 19.1. The third-order valence-electron chi connectivity index (χ3n) is 3.20. The summed E-state index contributed by atoms with van der Waals surface area (Å²) < 4.78 is 18.7. The Labute approximate surface area is 142 Å². The number of carbonyl (C=O) groups excluding carboxylic acids is 1. The Bertz CT molecular complexity index is 886. The maximum atomic E-state index is 13.7. The van der Waals surface area contributed by atoms with Crippen LogP contribution in [0.25, 0.3) is 6.08 Å². The molecule has 0 unspecified atom stereocenters. The lowest BCUT2D eigenvalue weighted by Crippen LogP contribution is -2.14. The van der Waals surface area contributed by atoms with Gasteiger partial charge in [-0.25, -0.2) is 4.39 Å². The number of nitriles is 1. The van der Waals surface area contributed by atoms with Gasteiger partial charge in [-0.15, -0.1) is 0 Å². The second-order valence-electron chi connectivity index (χ2n) is 4.82. The minimum atomic E-state index is -0.877. The molecule has 25 heavy (non-hydrogen) atoms. The van der Waals surface area contributed by atoms with Crippen molar-refractivity contribution < 1.29 is 18.8 Å².